The third-order valence-electron chi connectivity index (χ3n) is 2.32. The van der Waals surface area contributed by atoms with Crippen molar-refractivity contribution >= 4 is 30.1 Å². The summed E-state index contributed by atoms with van der Waals surface area (Å²) in [6.07, 6.45) is 0. The van der Waals surface area contributed by atoms with E-state index >= 15 is 0 Å². The van der Waals surface area contributed by atoms with Crippen LogP contribution in [0.3, 0.4) is 0 Å². The average molecular weight is 310 g/mol. The molecular weight excluding hydrogens is 301 g/mol. The molecule has 1 N–H and O–H groups in total. The molecule has 1 aromatic heterocycles. The van der Waals surface area contributed by atoms with Gasteiger partial charge < -0.3 is 0 Å². The van der Waals surface area contributed by atoms with Gasteiger partial charge in [0.1, 0.15) is 0 Å². The summed E-state index contributed by atoms with van der Waals surface area (Å²) in [4.78, 5) is 11.1. The van der Waals surface area contributed by atoms with E-state index in [1.807, 2.05) is 12.1 Å². The van der Waals surface area contributed by atoms with Crippen LogP contribution < -0.4 is 4.74 Å². The van der Waals surface area contributed by atoms with Gasteiger partial charge in [0.25, 0.3) is 0 Å². The number of benzene rings is 1. The van der Waals surface area contributed by atoms with Crippen molar-refractivity contribution in [2.75, 3.05) is 13.9 Å². The normalized spacial score (nSPS) is 10.2. The van der Waals surface area contributed by atoms with Gasteiger partial charge in [-0.1, -0.05) is 0 Å². The molecule has 0 aliphatic heterocycles. The minimum atomic E-state index is -1.04. The second-order valence-corrected chi connectivity index (χ2v) is 5.61. The van der Waals surface area contributed by atoms with E-state index in [0.29, 0.717) is 11.1 Å². The second kappa shape index (κ2) is 5.23. The van der Waals surface area contributed by atoms with Crippen molar-refractivity contribution in [3.63, 3.8) is 0 Å². The number of fused-ring (bicyclic) bond motifs is 1. The SMILES string of the molecule is COCOc1cccc2[se]c(C(=O)O)c(C#N)c12. The monoisotopic (exact) mass is 311 g/mol. The van der Waals surface area contributed by atoms with Crippen molar-refractivity contribution in [1.82, 2.24) is 0 Å². The van der Waals surface area contributed by atoms with Crippen LogP contribution in [0.1, 0.15) is 14.8 Å². The maximum absolute atomic E-state index is 11.1. The molecule has 0 unspecified atom stereocenters. The molecule has 2 aromatic rings. The Morgan fingerprint density at radius 3 is 2.94 bits per heavy atom. The molecule has 0 atom stereocenters. The predicted octanol–water partition coefficient (Wildman–Crippen LogP) is 1.45. The molecule has 18 heavy (non-hydrogen) atoms. The number of carbonyl (C=O) groups is 1. The van der Waals surface area contributed by atoms with E-state index in [9.17, 15) is 4.79 Å². The first-order valence-electron chi connectivity index (χ1n) is 4.99. The first-order valence-corrected chi connectivity index (χ1v) is 6.71. The number of hydrogen-bond donors (Lipinski definition) is 1. The zero-order valence-electron chi connectivity index (χ0n) is 9.47. The van der Waals surface area contributed by atoms with E-state index < -0.39 is 5.97 Å². The van der Waals surface area contributed by atoms with E-state index in [-0.39, 0.29) is 31.3 Å². The molecule has 92 valence electrons. The minimum absolute atomic E-state index is 0.0601. The summed E-state index contributed by atoms with van der Waals surface area (Å²) in [7, 11) is 1.50. The summed E-state index contributed by atoms with van der Waals surface area (Å²) < 4.78 is 11.2. The van der Waals surface area contributed by atoms with Crippen molar-refractivity contribution in [3.05, 3.63) is 28.2 Å². The Kier molecular flexibility index (Phi) is 3.68. The summed E-state index contributed by atoms with van der Waals surface area (Å²) in [5.74, 6) is -0.551. The number of rotatable bonds is 4. The van der Waals surface area contributed by atoms with Crippen LogP contribution in [0.15, 0.2) is 18.2 Å². The maximum atomic E-state index is 11.1. The Hall–Kier alpha value is -1.80. The molecule has 0 aliphatic rings. The summed E-state index contributed by atoms with van der Waals surface area (Å²) >= 11 is -0.362. The first kappa shape index (κ1) is 12.7. The van der Waals surface area contributed by atoms with Crippen molar-refractivity contribution in [1.29, 1.82) is 5.26 Å². The van der Waals surface area contributed by atoms with Gasteiger partial charge in [-0.3, -0.25) is 0 Å². The average Bonchev–Trinajstić information content (AvgIpc) is 2.75. The predicted molar refractivity (Wildman–Crippen MR) is 65.1 cm³/mol. The van der Waals surface area contributed by atoms with Crippen molar-refractivity contribution < 1.29 is 19.4 Å². The van der Waals surface area contributed by atoms with Crippen LogP contribution in [-0.4, -0.2) is 39.5 Å². The Labute approximate surface area is 109 Å². The van der Waals surface area contributed by atoms with Gasteiger partial charge in [0.2, 0.25) is 0 Å². The van der Waals surface area contributed by atoms with E-state index in [4.69, 9.17) is 19.8 Å². The van der Waals surface area contributed by atoms with E-state index in [1.165, 1.54) is 7.11 Å². The van der Waals surface area contributed by atoms with Crippen LogP contribution in [0.5, 0.6) is 5.75 Å². The zero-order valence-corrected chi connectivity index (χ0v) is 11.2. The van der Waals surface area contributed by atoms with Gasteiger partial charge in [-0.15, -0.1) is 0 Å². The van der Waals surface area contributed by atoms with Crippen LogP contribution in [0, 0.1) is 11.3 Å². The number of hydrogen-bond acceptors (Lipinski definition) is 4. The fourth-order valence-electron chi connectivity index (χ4n) is 1.62. The molecule has 0 spiro atoms. The summed E-state index contributed by atoms with van der Waals surface area (Å²) in [6, 6.07) is 7.27. The molecular formula is C12H9NO4Se. The third-order valence-corrected chi connectivity index (χ3v) is 4.71. The fourth-order valence-corrected chi connectivity index (χ4v) is 3.73. The molecule has 0 aliphatic carbocycles. The van der Waals surface area contributed by atoms with Gasteiger partial charge in [0.15, 0.2) is 0 Å². The van der Waals surface area contributed by atoms with Crippen LogP contribution in [-0.2, 0) is 4.74 Å². The molecule has 0 saturated heterocycles. The Balaban J connectivity index is 2.67. The molecule has 0 fully saturated rings. The van der Waals surface area contributed by atoms with Crippen molar-refractivity contribution in [2.24, 2.45) is 0 Å². The van der Waals surface area contributed by atoms with Crippen LogP contribution in [0.2, 0.25) is 0 Å². The third kappa shape index (κ3) is 2.12. The number of nitriles is 1. The summed E-state index contributed by atoms with van der Waals surface area (Å²) in [5.41, 5.74) is 0.198. The van der Waals surface area contributed by atoms with Gasteiger partial charge >= 0.3 is 109 Å². The first-order chi connectivity index (χ1) is 8.69. The number of ether oxygens (including phenoxy) is 2. The second-order valence-electron chi connectivity index (χ2n) is 3.40. The van der Waals surface area contributed by atoms with Crippen LogP contribution in [0.25, 0.3) is 9.65 Å². The van der Waals surface area contributed by atoms with Gasteiger partial charge in [-0.05, 0) is 0 Å². The molecule has 6 heteroatoms. The molecule has 0 radical (unpaired) electrons. The zero-order chi connectivity index (χ0) is 13.1. The summed E-state index contributed by atoms with van der Waals surface area (Å²) in [5, 5.41) is 18.8. The van der Waals surface area contributed by atoms with Gasteiger partial charge in [0.05, 0.1) is 0 Å². The number of aromatic carboxylic acids is 1. The van der Waals surface area contributed by atoms with Gasteiger partial charge in [-0.25, -0.2) is 0 Å². The molecule has 5 nitrogen and oxygen atoms in total. The Morgan fingerprint density at radius 1 is 1.56 bits per heavy atom. The number of methoxy groups -OCH3 is 1. The van der Waals surface area contributed by atoms with Crippen molar-refractivity contribution in [2.45, 2.75) is 0 Å². The number of nitrogens with zero attached hydrogens (tertiary/aromatic N) is 1. The Bertz CT molecular complexity index is 641. The Morgan fingerprint density at radius 2 is 2.33 bits per heavy atom. The van der Waals surface area contributed by atoms with E-state index in [2.05, 4.69) is 0 Å². The molecule has 0 bridgehead atoms. The summed E-state index contributed by atoms with van der Waals surface area (Å²) in [6.45, 7) is 0.0601. The quantitative estimate of drug-likeness (QED) is 0.683. The van der Waals surface area contributed by atoms with Crippen LogP contribution in [0.4, 0.5) is 0 Å². The van der Waals surface area contributed by atoms with Gasteiger partial charge in [-0.2, -0.15) is 0 Å². The molecule has 2 rings (SSSR count). The van der Waals surface area contributed by atoms with E-state index in [0.717, 1.165) is 4.26 Å². The molecule has 0 saturated carbocycles. The fraction of sp³-hybridized carbons (Fsp3) is 0.167. The molecule has 1 aromatic carbocycles. The van der Waals surface area contributed by atoms with E-state index in [1.54, 1.807) is 12.1 Å². The van der Waals surface area contributed by atoms with Crippen LogP contribution >= 0.6 is 0 Å². The molecule has 0 amide bonds. The standard InChI is InChI=1S/C12H9NO4Se/c1-16-6-17-8-3-2-4-9-10(8)7(5-13)11(18-9)12(14)15/h2-4H,6H2,1H3,(H,14,15). The molecule has 1 heterocycles. The van der Waals surface area contributed by atoms with Gasteiger partial charge in [0, 0.05) is 0 Å². The topological polar surface area (TPSA) is 79.6 Å². The number of carboxylic acid groups (broad SMARTS) is 1. The number of carboxylic acids is 1. The van der Waals surface area contributed by atoms with Crippen molar-refractivity contribution in [3.8, 4) is 11.8 Å².